The zero-order chi connectivity index (χ0) is 14.8. The van der Waals surface area contributed by atoms with Crippen molar-refractivity contribution >= 4 is 5.69 Å². The highest BCUT2D eigenvalue weighted by molar-refractivity contribution is 5.53. The standard InChI is InChI=1S/C14H15F3N2O/c15-14(16,17)12-5-4-11(6-10(12)7-18)19-8-9-2-1-3-13(9)20/h4-6,9,13,19-20H,1-3,8H2. The maximum atomic E-state index is 12.6. The summed E-state index contributed by atoms with van der Waals surface area (Å²) in [5.41, 5.74) is -0.852. The third-order valence-electron chi connectivity index (χ3n) is 3.63. The van der Waals surface area contributed by atoms with Crippen molar-refractivity contribution in [3.63, 3.8) is 0 Å². The summed E-state index contributed by atoms with van der Waals surface area (Å²) in [5.74, 6) is 0.114. The molecule has 3 nitrogen and oxygen atoms in total. The second-order valence-corrected chi connectivity index (χ2v) is 5.01. The molecule has 0 amide bonds. The Morgan fingerprint density at radius 2 is 2.10 bits per heavy atom. The molecule has 1 saturated carbocycles. The second kappa shape index (κ2) is 5.71. The van der Waals surface area contributed by atoms with E-state index in [4.69, 9.17) is 5.26 Å². The van der Waals surface area contributed by atoms with Gasteiger partial charge in [0.05, 0.1) is 23.3 Å². The van der Waals surface area contributed by atoms with Gasteiger partial charge in [-0.15, -0.1) is 0 Å². The zero-order valence-electron chi connectivity index (χ0n) is 10.7. The number of anilines is 1. The number of hydrogen-bond acceptors (Lipinski definition) is 3. The number of benzene rings is 1. The first-order chi connectivity index (χ1) is 9.41. The highest BCUT2D eigenvalue weighted by Gasteiger charge is 2.33. The Morgan fingerprint density at radius 1 is 1.35 bits per heavy atom. The largest absolute Gasteiger partial charge is 0.417 e. The summed E-state index contributed by atoms with van der Waals surface area (Å²) in [5, 5.41) is 21.5. The van der Waals surface area contributed by atoms with Gasteiger partial charge in [-0.3, -0.25) is 0 Å². The smallest absolute Gasteiger partial charge is 0.393 e. The summed E-state index contributed by atoms with van der Waals surface area (Å²) in [6, 6.07) is 4.99. The molecule has 0 aromatic heterocycles. The van der Waals surface area contributed by atoms with E-state index in [0.29, 0.717) is 12.2 Å². The number of nitrogens with one attached hydrogen (secondary N) is 1. The van der Waals surface area contributed by atoms with Gasteiger partial charge in [0.2, 0.25) is 0 Å². The van der Waals surface area contributed by atoms with Crippen molar-refractivity contribution in [3.05, 3.63) is 29.3 Å². The van der Waals surface area contributed by atoms with E-state index in [2.05, 4.69) is 5.32 Å². The normalized spacial score (nSPS) is 22.6. The molecule has 1 aromatic carbocycles. The number of alkyl halides is 3. The Labute approximate surface area is 115 Å². The van der Waals surface area contributed by atoms with Crippen molar-refractivity contribution in [2.45, 2.75) is 31.5 Å². The van der Waals surface area contributed by atoms with Crippen LogP contribution in [0.15, 0.2) is 18.2 Å². The molecule has 1 aliphatic rings. The van der Waals surface area contributed by atoms with E-state index in [1.54, 1.807) is 6.07 Å². The zero-order valence-corrected chi connectivity index (χ0v) is 10.7. The predicted octanol–water partition coefficient (Wildman–Crippen LogP) is 3.15. The van der Waals surface area contributed by atoms with E-state index in [-0.39, 0.29) is 12.0 Å². The lowest BCUT2D eigenvalue weighted by molar-refractivity contribution is -0.137. The van der Waals surface area contributed by atoms with Gasteiger partial charge in [0.25, 0.3) is 0 Å². The van der Waals surface area contributed by atoms with Crippen molar-refractivity contribution < 1.29 is 18.3 Å². The molecule has 1 fully saturated rings. The summed E-state index contributed by atoms with van der Waals surface area (Å²) in [4.78, 5) is 0. The number of aliphatic hydroxyl groups is 1. The second-order valence-electron chi connectivity index (χ2n) is 5.01. The molecule has 2 unspecified atom stereocenters. The van der Waals surface area contributed by atoms with Crippen LogP contribution in [0.3, 0.4) is 0 Å². The van der Waals surface area contributed by atoms with E-state index in [1.807, 2.05) is 0 Å². The van der Waals surface area contributed by atoms with Gasteiger partial charge in [0.15, 0.2) is 0 Å². The highest BCUT2D eigenvalue weighted by atomic mass is 19.4. The lowest BCUT2D eigenvalue weighted by Crippen LogP contribution is -2.22. The summed E-state index contributed by atoms with van der Waals surface area (Å²) in [6.07, 6.45) is -2.25. The molecule has 0 radical (unpaired) electrons. The van der Waals surface area contributed by atoms with Crippen molar-refractivity contribution in [2.75, 3.05) is 11.9 Å². The van der Waals surface area contributed by atoms with E-state index >= 15 is 0 Å². The Kier molecular flexibility index (Phi) is 4.19. The average molecular weight is 284 g/mol. The molecule has 0 bridgehead atoms. The Morgan fingerprint density at radius 3 is 2.65 bits per heavy atom. The molecule has 2 rings (SSSR count). The quantitative estimate of drug-likeness (QED) is 0.896. The lowest BCUT2D eigenvalue weighted by atomic mass is 10.0. The molecule has 1 aliphatic carbocycles. The van der Waals surface area contributed by atoms with Gasteiger partial charge in [-0.05, 0) is 31.0 Å². The number of nitrogens with zero attached hydrogens (tertiary/aromatic N) is 1. The predicted molar refractivity (Wildman–Crippen MR) is 68.0 cm³/mol. The monoisotopic (exact) mass is 284 g/mol. The molecule has 2 N–H and O–H groups in total. The van der Waals surface area contributed by atoms with Crippen LogP contribution in [0.25, 0.3) is 0 Å². The topological polar surface area (TPSA) is 56.0 Å². The van der Waals surface area contributed by atoms with Crippen molar-refractivity contribution in [3.8, 4) is 6.07 Å². The molecule has 108 valence electrons. The molecule has 0 heterocycles. The molecule has 0 aliphatic heterocycles. The number of aliphatic hydroxyl groups excluding tert-OH is 1. The van der Waals surface area contributed by atoms with Gasteiger partial charge in [-0.25, -0.2) is 0 Å². The summed E-state index contributed by atoms with van der Waals surface area (Å²) < 4.78 is 37.9. The van der Waals surface area contributed by atoms with Gasteiger partial charge in [0, 0.05) is 18.2 Å². The maximum Gasteiger partial charge on any atom is 0.417 e. The SMILES string of the molecule is N#Cc1cc(NCC2CCCC2O)ccc1C(F)(F)F. The summed E-state index contributed by atoms with van der Waals surface area (Å²) >= 11 is 0. The third-order valence-corrected chi connectivity index (χ3v) is 3.63. The lowest BCUT2D eigenvalue weighted by Gasteiger charge is -2.17. The molecule has 0 saturated heterocycles. The first-order valence-electron chi connectivity index (χ1n) is 6.45. The van der Waals surface area contributed by atoms with E-state index in [0.717, 1.165) is 25.3 Å². The molecule has 6 heteroatoms. The van der Waals surface area contributed by atoms with Crippen LogP contribution in [0.5, 0.6) is 0 Å². The fourth-order valence-corrected chi connectivity index (χ4v) is 2.50. The number of rotatable bonds is 3. The number of nitriles is 1. The van der Waals surface area contributed by atoms with Gasteiger partial charge in [-0.2, -0.15) is 18.4 Å². The minimum Gasteiger partial charge on any atom is -0.393 e. The fraction of sp³-hybridized carbons (Fsp3) is 0.500. The number of halogens is 3. The third kappa shape index (κ3) is 3.23. The Hall–Kier alpha value is -1.74. The van der Waals surface area contributed by atoms with Crippen molar-refractivity contribution in [1.29, 1.82) is 5.26 Å². The number of hydrogen-bond donors (Lipinski definition) is 2. The molecule has 2 atom stereocenters. The Balaban J connectivity index is 2.08. The van der Waals surface area contributed by atoms with Crippen LogP contribution in [-0.2, 0) is 6.18 Å². The maximum absolute atomic E-state index is 12.6. The van der Waals surface area contributed by atoms with Crippen LogP contribution in [0.1, 0.15) is 30.4 Å². The van der Waals surface area contributed by atoms with Crippen LogP contribution >= 0.6 is 0 Å². The van der Waals surface area contributed by atoms with Crippen molar-refractivity contribution in [1.82, 2.24) is 0 Å². The van der Waals surface area contributed by atoms with Gasteiger partial charge in [-0.1, -0.05) is 6.42 Å². The van der Waals surface area contributed by atoms with Crippen LogP contribution < -0.4 is 5.32 Å². The summed E-state index contributed by atoms with van der Waals surface area (Å²) in [7, 11) is 0. The van der Waals surface area contributed by atoms with E-state index in [9.17, 15) is 18.3 Å². The fourth-order valence-electron chi connectivity index (χ4n) is 2.50. The first kappa shape index (κ1) is 14.7. The molecule has 20 heavy (non-hydrogen) atoms. The van der Waals surface area contributed by atoms with Gasteiger partial charge in [0.1, 0.15) is 0 Å². The highest BCUT2D eigenvalue weighted by Crippen LogP contribution is 2.33. The molecular weight excluding hydrogens is 269 g/mol. The summed E-state index contributed by atoms with van der Waals surface area (Å²) in [6.45, 7) is 0.497. The first-order valence-corrected chi connectivity index (χ1v) is 6.45. The van der Waals surface area contributed by atoms with Crippen LogP contribution in [-0.4, -0.2) is 17.8 Å². The van der Waals surface area contributed by atoms with Crippen LogP contribution in [0, 0.1) is 17.2 Å². The minimum atomic E-state index is -4.52. The average Bonchev–Trinajstić information content (AvgIpc) is 2.80. The van der Waals surface area contributed by atoms with Crippen LogP contribution in [0.4, 0.5) is 18.9 Å². The van der Waals surface area contributed by atoms with E-state index < -0.39 is 17.3 Å². The van der Waals surface area contributed by atoms with Crippen molar-refractivity contribution in [2.24, 2.45) is 5.92 Å². The van der Waals surface area contributed by atoms with E-state index in [1.165, 1.54) is 12.1 Å². The van der Waals surface area contributed by atoms with Crippen LogP contribution in [0.2, 0.25) is 0 Å². The molecule has 1 aromatic rings. The van der Waals surface area contributed by atoms with Gasteiger partial charge < -0.3 is 10.4 Å². The molecule has 0 spiro atoms. The Bertz CT molecular complexity index is 522. The van der Waals surface area contributed by atoms with Gasteiger partial charge >= 0.3 is 6.18 Å². The minimum absolute atomic E-state index is 0.114. The molecular formula is C14H15F3N2O.